The van der Waals surface area contributed by atoms with Gasteiger partial charge in [-0.25, -0.2) is 0 Å². The molecular weight excluding hydrogens is 222 g/mol. The maximum atomic E-state index is 5.87. The molecule has 16 heavy (non-hydrogen) atoms. The minimum Gasteiger partial charge on any atom is -0.373 e. The summed E-state index contributed by atoms with van der Waals surface area (Å²) in [7, 11) is 0. The van der Waals surface area contributed by atoms with Crippen LogP contribution in [0, 0.1) is 6.92 Å². The third kappa shape index (κ3) is 4.12. The Hall–Kier alpha value is -0.570. The highest BCUT2D eigenvalue weighted by molar-refractivity contribution is 5.85. The van der Waals surface area contributed by atoms with E-state index in [0.29, 0.717) is 6.10 Å². The summed E-state index contributed by atoms with van der Waals surface area (Å²) in [5, 5.41) is 3.34. The zero-order chi connectivity index (χ0) is 10.5. The van der Waals surface area contributed by atoms with Crippen LogP contribution in [0.2, 0.25) is 0 Å². The topological polar surface area (TPSA) is 21.3 Å². The number of rotatable bonds is 3. The van der Waals surface area contributed by atoms with Crippen molar-refractivity contribution in [2.45, 2.75) is 32.5 Å². The summed E-state index contributed by atoms with van der Waals surface area (Å²) in [4.78, 5) is 0. The van der Waals surface area contributed by atoms with E-state index in [9.17, 15) is 0 Å². The fraction of sp³-hybridized carbons (Fsp3) is 0.538. The van der Waals surface area contributed by atoms with E-state index >= 15 is 0 Å². The van der Waals surface area contributed by atoms with Crippen molar-refractivity contribution in [1.82, 2.24) is 5.32 Å². The van der Waals surface area contributed by atoms with Crippen molar-refractivity contribution in [3.8, 4) is 0 Å². The zero-order valence-corrected chi connectivity index (χ0v) is 10.6. The third-order valence-electron chi connectivity index (χ3n) is 2.89. The predicted octanol–water partition coefficient (Wildman–Crippen LogP) is 2.69. The van der Waals surface area contributed by atoms with Crippen LogP contribution in [0.25, 0.3) is 0 Å². The van der Waals surface area contributed by atoms with Gasteiger partial charge < -0.3 is 10.1 Å². The first-order valence-corrected chi connectivity index (χ1v) is 5.72. The average molecular weight is 242 g/mol. The Kier molecular flexibility index (Phi) is 5.81. The molecule has 90 valence electrons. The Balaban J connectivity index is 0.00000128. The fourth-order valence-electron chi connectivity index (χ4n) is 1.86. The molecule has 0 aromatic heterocycles. The second kappa shape index (κ2) is 6.89. The first-order valence-electron chi connectivity index (χ1n) is 5.72. The van der Waals surface area contributed by atoms with Gasteiger partial charge in [-0.2, -0.15) is 0 Å². The van der Waals surface area contributed by atoms with Gasteiger partial charge >= 0.3 is 0 Å². The number of halogens is 1. The normalized spacial score (nSPS) is 16.8. The van der Waals surface area contributed by atoms with E-state index in [1.54, 1.807) is 0 Å². The van der Waals surface area contributed by atoms with Crippen molar-refractivity contribution in [3.63, 3.8) is 0 Å². The summed E-state index contributed by atoms with van der Waals surface area (Å²) in [6, 6.07) is 8.58. The zero-order valence-electron chi connectivity index (χ0n) is 9.74. The first kappa shape index (κ1) is 13.5. The minimum absolute atomic E-state index is 0. The van der Waals surface area contributed by atoms with E-state index in [1.807, 2.05) is 0 Å². The molecule has 0 unspecified atom stereocenters. The van der Waals surface area contributed by atoms with E-state index < -0.39 is 0 Å². The SMILES string of the molecule is Cc1ccc(COC2CCNCC2)cc1.Cl. The van der Waals surface area contributed by atoms with Crippen molar-refractivity contribution < 1.29 is 4.74 Å². The lowest BCUT2D eigenvalue weighted by Gasteiger charge is -2.22. The first-order chi connectivity index (χ1) is 7.34. The van der Waals surface area contributed by atoms with Crippen molar-refractivity contribution >= 4 is 12.4 Å². The number of piperidine rings is 1. The van der Waals surface area contributed by atoms with Crippen LogP contribution in [0.1, 0.15) is 24.0 Å². The highest BCUT2D eigenvalue weighted by Crippen LogP contribution is 2.11. The van der Waals surface area contributed by atoms with E-state index in [0.717, 1.165) is 32.5 Å². The highest BCUT2D eigenvalue weighted by atomic mass is 35.5. The molecule has 0 aliphatic carbocycles. The number of nitrogens with one attached hydrogen (secondary N) is 1. The molecule has 1 fully saturated rings. The van der Waals surface area contributed by atoms with Gasteiger partial charge in [-0.3, -0.25) is 0 Å². The Morgan fingerprint density at radius 3 is 2.44 bits per heavy atom. The number of aryl methyl sites for hydroxylation is 1. The summed E-state index contributed by atoms with van der Waals surface area (Å²) >= 11 is 0. The van der Waals surface area contributed by atoms with Gasteiger partial charge in [-0.05, 0) is 38.4 Å². The van der Waals surface area contributed by atoms with Crippen LogP contribution >= 0.6 is 12.4 Å². The van der Waals surface area contributed by atoms with Crippen LogP contribution in [0.5, 0.6) is 0 Å². The molecule has 1 heterocycles. The van der Waals surface area contributed by atoms with Crippen molar-refractivity contribution in [3.05, 3.63) is 35.4 Å². The monoisotopic (exact) mass is 241 g/mol. The molecule has 0 atom stereocenters. The van der Waals surface area contributed by atoms with E-state index in [-0.39, 0.29) is 12.4 Å². The van der Waals surface area contributed by atoms with Crippen molar-refractivity contribution in [2.75, 3.05) is 13.1 Å². The lowest BCUT2D eigenvalue weighted by molar-refractivity contribution is 0.0212. The summed E-state index contributed by atoms with van der Waals surface area (Å²) in [6.07, 6.45) is 2.74. The van der Waals surface area contributed by atoms with Gasteiger partial charge in [0.15, 0.2) is 0 Å². The molecule has 0 amide bonds. The molecule has 2 nitrogen and oxygen atoms in total. The molecular formula is C13H20ClNO. The van der Waals surface area contributed by atoms with Gasteiger partial charge in [0, 0.05) is 0 Å². The van der Waals surface area contributed by atoms with Gasteiger partial charge in [0.25, 0.3) is 0 Å². The second-order valence-electron chi connectivity index (χ2n) is 4.25. The van der Waals surface area contributed by atoms with Crippen LogP contribution in [0.3, 0.4) is 0 Å². The number of hydrogen-bond acceptors (Lipinski definition) is 2. The van der Waals surface area contributed by atoms with Crippen LogP contribution < -0.4 is 5.32 Å². The molecule has 1 saturated heterocycles. The summed E-state index contributed by atoms with van der Waals surface area (Å²) in [5.41, 5.74) is 2.58. The minimum atomic E-state index is 0. The Labute approximate surface area is 104 Å². The smallest absolute Gasteiger partial charge is 0.0720 e. The molecule has 0 spiro atoms. The number of ether oxygens (including phenoxy) is 1. The summed E-state index contributed by atoms with van der Waals surface area (Å²) in [6.45, 7) is 5.06. The summed E-state index contributed by atoms with van der Waals surface area (Å²) < 4.78 is 5.87. The molecule has 1 aromatic rings. The van der Waals surface area contributed by atoms with Gasteiger partial charge in [0.1, 0.15) is 0 Å². The van der Waals surface area contributed by atoms with E-state index in [4.69, 9.17) is 4.74 Å². The van der Waals surface area contributed by atoms with Gasteiger partial charge in [0.2, 0.25) is 0 Å². The van der Waals surface area contributed by atoms with Gasteiger partial charge in [-0.1, -0.05) is 29.8 Å². The average Bonchev–Trinajstić information content (AvgIpc) is 2.30. The van der Waals surface area contributed by atoms with Crippen molar-refractivity contribution in [1.29, 1.82) is 0 Å². The molecule has 0 radical (unpaired) electrons. The quantitative estimate of drug-likeness (QED) is 0.879. The predicted molar refractivity (Wildman–Crippen MR) is 69.1 cm³/mol. The molecule has 0 bridgehead atoms. The van der Waals surface area contributed by atoms with Gasteiger partial charge in [0.05, 0.1) is 12.7 Å². The Bertz CT molecular complexity index is 293. The molecule has 1 aliphatic rings. The second-order valence-corrected chi connectivity index (χ2v) is 4.25. The fourth-order valence-corrected chi connectivity index (χ4v) is 1.86. The standard InChI is InChI=1S/C13H19NO.ClH/c1-11-2-4-12(5-3-11)10-15-13-6-8-14-9-7-13;/h2-5,13-14H,6-10H2,1H3;1H. The third-order valence-corrected chi connectivity index (χ3v) is 2.89. The Morgan fingerprint density at radius 1 is 1.19 bits per heavy atom. The molecule has 2 rings (SSSR count). The molecule has 1 N–H and O–H groups in total. The van der Waals surface area contributed by atoms with Gasteiger partial charge in [-0.15, -0.1) is 12.4 Å². The van der Waals surface area contributed by atoms with Crippen LogP contribution in [-0.2, 0) is 11.3 Å². The van der Waals surface area contributed by atoms with E-state index in [1.165, 1.54) is 11.1 Å². The molecule has 3 heteroatoms. The maximum absolute atomic E-state index is 5.87. The summed E-state index contributed by atoms with van der Waals surface area (Å²) in [5.74, 6) is 0. The van der Waals surface area contributed by atoms with Crippen LogP contribution in [-0.4, -0.2) is 19.2 Å². The molecule has 1 aliphatic heterocycles. The lowest BCUT2D eigenvalue weighted by atomic mass is 10.1. The molecule has 0 saturated carbocycles. The lowest BCUT2D eigenvalue weighted by Crippen LogP contribution is -2.32. The van der Waals surface area contributed by atoms with Crippen LogP contribution in [0.4, 0.5) is 0 Å². The van der Waals surface area contributed by atoms with E-state index in [2.05, 4.69) is 36.5 Å². The number of hydrogen-bond donors (Lipinski definition) is 1. The molecule has 1 aromatic carbocycles. The Morgan fingerprint density at radius 2 is 1.81 bits per heavy atom. The largest absolute Gasteiger partial charge is 0.373 e. The number of benzene rings is 1. The highest BCUT2D eigenvalue weighted by Gasteiger charge is 2.12. The van der Waals surface area contributed by atoms with Crippen molar-refractivity contribution in [2.24, 2.45) is 0 Å². The maximum Gasteiger partial charge on any atom is 0.0720 e. The van der Waals surface area contributed by atoms with Crippen LogP contribution in [0.15, 0.2) is 24.3 Å².